The van der Waals surface area contributed by atoms with Gasteiger partial charge in [0, 0.05) is 25.1 Å². The first-order valence-electron chi connectivity index (χ1n) is 6.30. The van der Waals surface area contributed by atoms with Crippen molar-refractivity contribution < 1.29 is 0 Å². The molecule has 3 nitrogen and oxygen atoms in total. The van der Waals surface area contributed by atoms with Crippen LogP contribution in [0.2, 0.25) is 0 Å². The Hall–Kier alpha value is -1.99. The summed E-state index contributed by atoms with van der Waals surface area (Å²) in [5, 5.41) is 12.5. The molecule has 2 rings (SSSR count). The Bertz CT molecular complexity index is 644. The number of rotatable bonds is 4. The van der Waals surface area contributed by atoms with Gasteiger partial charge in [0.1, 0.15) is 0 Å². The van der Waals surface area contributed by atoms with Crippen LogP contribution in [0.1, 0.15) is 11.1 Å². The van der Waals surface area contributed by atoms with Crippen LogP contribution in [0.15, 0.2) is 46.9 Å². The molecule has 2 aromatic rings. The van der Waals surface area contributed by atoms with Gasteiger partial charge in [0.15, 0.2) is 0 Å². The Morgan fingerprint density at radius 3 is 2.65 bits per heavy atom. The predicted octanol–water partition coefficient (Wildman–Crippen LogP) is 4.00. The highest BCUT2D eigenvalue weighted by atomic mass is 79.9. The zero-order valence-corrected chi connectivity index (χ0v) is 13.1. The van der Waals surface area contributed by atoms with E-state index in [2.05, 4.69) is 38.3 Å². The molecule has 0 unspecified atom stereocenters. The summed E-state index contributed by atoms with van der Waals surface area (Å²) in [4.78, 5) is 2.06. The zero-order chi connectivity index (χ0) is 14.5. The molecule has 0 spiro atoms. The molecule has 0 aliphatic heterocycles. The molecule has 0 saturated heterocycles. The van der Waals surface area contributed by atoms with E-state index in [9.17, 15) is 0 Å². The number of anilines is 2. The standard InChI is InChI=1S/C16H16BrN3/c1-20(2)16-8-7-14(17)9-15(16)19-11-13-6-4-3-5-12(13)10-18/h3-9,19H,11H2,1-2H3. The van der Waals surface area contributed by atoms with Gasteiger partial charge in [0.25, 0.3) is 0 Å². The maximum Gasteiger partial charge on any atom is 0.0995 e. The van der Waals surface area contributed by atoms with Crippen LogP contribution in [-0.2, 0) is 6.54 Å². The number of hydrogen-bond acceptors (Lipinski definition) is 3. The topological polar surface area (TPSA) is 39.1 Å². The number of benzene rings is 2. The van der Waals surface area contributed by atoms with Gasteiger partial charge in [-0.25, -0.2) is 0 Å². The lowest BCUT2D eigenvalue weighted by Crippen LogP contribution is -2.12. The highest BCUT2D eigenvalue weighted by Crippen LogP contribution is 2.28. The largest absolute Gasteiger partial charge is 0.379 e. The van der Waals surface area contributed by atoms with Crippen LogP contribution in [0.4, 0.5) is 11.4 Å². The molecule has 0 radical (unpaired) electrons. The van der Waals surface area contributed by atoms with Crippen molar-refractivity contribution in [3.63, 3.8) is 0 Å². The molecule has 4 heteroatoms. The summed E-state index contributed by atoms with van der Waals surface area (Å²) in [6.45, 7) is 0.626. The fourth-order valence-corrected chi connectivity index (χ4v) is 2.37. The van der Waals surface area contributed by atoms with Crippen molar-refractivity contribution in [2.45, 2.75) is 6.54 Å². The van der Waals surface area contributed by atoms with Gasteiger partial charge in [0.2, 0.25) is 0 Å². The molecule has 0 aromatic heterocycles. The van der Waals surface area contributed by atoms with Crippen LogP contribution < -0.4 is 10.2 Å². The number of hydrogen-bond donors (Lipinski definition) is 1. The van der Waals surface area contributed by atoms with E-state index < -0.39 is 0 Å². The summed E-state index contributed by atoms with van der Waals surface area (Å²) in [7, 11) is 4.02. The number of halogens is 1. The number of nitrogens with zero attached hydrogens (tertiary/aromatic N) is 2. The van der Waals surface area contributed by atoms with E-state index in [0.717, 1.165) is 21.4 Å². The van der Waals surface area contributed by atoms with Crippen LogP contribution in [0.5, 0.6) is 0 Å². The van der Waals surface area contributed by atoms with Gasteiger partial charge < -0.3 is 10.2 Å². The van der Waals surface area contributed by atoms with E-state index in [-0.39, 0.29) is 0 Å². The molecule has 0 aliphatic carbocycles. The molecule has 1 N–H and O–H groups in total. The van der Waals surface area contributed by atoms with Gasteiger partial charge in [-0.1, -0.05) is 34.1 Å². The molecular weight excluding hydrogens is 314 g/mol. The molecule has 0 heterocycles. The molecule has 0 bridgehead atoms. The van der Waals surface area contributed by atoms with E-state index in [4.69, 9.17) is 5.26 Å². The quantitative estimate of drug-likeness (QED) is 0.921. The van der Waals surface area contributed by atoms with Crippen LogP contribution in [0.3, 0.4) is 0 Å². The number of nitrogens with one attached hydrogen (secondary N) is 1. The van der Waals surface area contributed by atoms with Crippen molar-refractivity contribution in [2.24, 2.45) is 0 Å². The van der Waals surface area contributed by atoms with Gasteiger partial charge in [-0.05, 0) is 29.8 Å². The molecule has 0 atom stereocenters. The summed E-state index contributed by atoms with van der Waals surface area (Å²) >= 11 is 3.49. The van der Waals surface area contributed by atoms with Gasteiger partial charge in [-0.2, -0.15) is 5.26 Å². The second-order valence-electron chi connectivity index (χ2n) is 4.68. The lowest BCUT2D eigenvalue weighted by atomic mass is 10.1. The average Bonchev–Trinajstić information content (AvgIpc) is 2.45. The Labute approximate surface area is 128 Å². The smallest absolute Gasteiger partial charge is 0.0995 e. The van der Waals surface area contributed by atoms with E-state index in [1.165, 1.54) is 0 Å². The lowest BCUT2D eigenvalue weighted by molar-refractivity contribution is 1.09. The third kappa shape index (κ3) is 3.31. The first-order valence-corrected chi connectivity index (χ1v) is 7.10. The van der Waals surface area contributed by atoms with Gasteiger partial charge in [-0.3, -0.25) is 0 Å². The molecule has 0 saturated carbocycles. The molecule has 20 heavy (non-hydrogen) atoms. The zero-order valence-electron chi connectivity index (χ0n) is 11.5. The molecule has 2 aromatic carbocycles. The SMILES string of the molecule is CN(C)c1ccc(Br)cc1NCc1ccccc1C#N. The van der Waals surface area contributed by atoms with Gasteiger partial charge >= 0.3 is 0 Å². The molecular formula is C16H16BrN3. The Morgan fingerprint density at radius 2 is 1.95 bits per heavy atom. The predicted molar refractivity (Wildman–Crippen MR) is 87.0 cm³/mol. The summed E-state index contributed by atoms with van der Waals surface area (Å²) < 4.78 is 1.03. The van der Waals surface area contributed by atoms with E-state index in [0.29, 0.717) is 12.1 Å². The summed E-state index contributed by atoms with van der Waals surface area (Å²) in [5.74, 6) is 0. The molecule has 102 valence electrons. The number of nitriles is 1. The third-order valence-electron chi connectivity index (χ3n) is 3.05. The Balaban J connectivity index is 2.23. The Kier molecular flexibility index (Phi) is 4.65. The van der Waals surface area contributed by atoms with Crippen LogP contribution in [0, 0.1) is 11.3 Å². The third-order valence-corrected chi connectivity index (χ3v) is 3.54. The molecule has 0 fully saturated rings. The van der Waals surface area contributed by atoms with Crippen molar-refractivity contribution in [1.29, 1.82) is 5.26 Å². The van der Waals surface area contributed by atoms with Crippen molar-refractivity contribution in [3.05, 3.63) is 58.1 Å². The first-order chi connectivity index (χ1) is 9.61. The maximum absolute atomic E-state index is 9.11. The fraction of sp³-hybridized carbons (Fsp3) is 0.188. The Morgan fingerprint density at radius 1 is 1.20 bits per heavy atom. The van der Waals surface area contributed by atoms with E-state index in [1.807, 2.05) is 50.5 Å². The first kappa shape index (κ1) is 14.4. The summed E-state index contributed by atoms with van der Waals surface area (Å²) in [5.41, 5.74) is 3.86. The highest BCUT2D eigenvalue weighted by Gasteiger charge is 2.06. The van der Waals surface area contributed by atoms with E-state index >= 15 is 0 Å². The lowest BCUT2D eigenvalue weighted by Gasteiger charge is -2.19. The van der Waals surface area contributed by atoms with E-state index in [1.54, 1.807) is 0 Å². The maximum atomic E-state index is 9.11. The van der Waals surface area contributed by atoms with Crippen LogP contribution in [0.25, 0.3) is 0 Å². The normalized spacial score (nSPS) is 9.90. The van der Waals surface area contributed by atoms with Crippen molar-refractivity contribution in [3.8, 4) is 6.07 Å². The summed E-state index contributed by atoms with van der Waals surface area (Å²) in [6.07, 6.45) is 0. The minimum Gasteiger partial charge on any atom is -0.379 e. The average molecular weight is 330 g/mol. The molecule has 0 aliphatic rings. The fourth-order valence-electron chi connectivity index (χ4n) is 2.01. The molecule has 0 amide bonds. The minimum atomic E-state index is 0.626. The highest BCUT2D eigenvalue weighted by molar-refractivity contribution is 9.10. The minimum absolute atomic E-state index is 0.626. The van der Waals surface area contributed by atoms with Crippen molar-refractivity contribution >= 4 is 27.3 Å². The van der Waals surface area contributed by atoms with Crippen molar-refractivity contribution in [2.75, 3.05) is 24.3 Å². The monoisotopic (exact) mass is 329 g/mol. The van der Waals surface area contributed by atoms with Crippen molar-refractivity contribution in [1.82, 2.24) is 0 Å². The van der Waals surface area contributed by atoms with Crippen LogP contribution in [-0.4, -0.2) is 14.1 Å². The van der Waals surface area contributed by atoms with Gasteiger partial charge in [0.05, 0.1) is 23.0 Å². The second-order valence-corrected chi connectivity index (χ2v) is 5.59. The second kappa shape index (κ2) is 6.44. The van der Waals surface area contributed by atoms with Gasteiger partial charge in [-0.15, -0.1) is 0 Å². The summed E-state index contributed by atoms with van der Waals surface area (Å²) in [6, 6.07) is 16.0. The van der Waals surface area contributed by atoms with Crippen LogP contribution >= 0.6 is 15.9 Å².